The molecule has 8 heteroatoms. The van der Waals surface area contributed by atoms with Crippen LogP contribution >= 0.6 is 0 Å². The third-order valence-corrected chi connectivity index (χ3v) is 5.16. The van der Waals surface area contributed by atoms with Crippen molar-refractivity contribution in [2.75, 3.05) is 18.0 Å². The molecule has 0 radical (unpaired) electrons. The number of fused-ring (bicyclic) bond motifs is 2. The lowest BCUT2D eigenvalue weighted by Crippen LogP contribution is -2.50. The largest absolute Gasteiger partial charge is 0.354 e. The summed E-state index contributed by atoms with van der Waals surface area (Å²) in [5, 5.41) is 4.62. The summed E-state index contributed by atoms with van der Waals surface area (Å²) in [5.74, 6) is 1.28. The van der Waals surface area contributed by atoms with Crippen molar-refractivity contribution in [3.8, 4) is 0 Å². The molecule has 3 aromatic rings. The van der Waals surface area contributed by atoms with Crippen molar-refractivity contribution in [2.24, 2.45) is 5.92 Å². The molecule has 0 atom stereocenters. The first-order valence-corrected chi connectivity index (χ1v) is 8.77. The Morgan fingerprint density at radius 3 is 2.96 bits per heavy atom. The van der Waals surface area contributed by atoms with Gasteiger partial charge in [-0.05, 0) is 31.2 Å². The average molecular weight is 337 g/mol. The van der Waals surface area contributed by atoms with E-state index in [9.17, 15) is 4.79 Å². The van der Waals surface area contributed by atoms with Crippen LogP contribution in [0, 0.1) is 5.92 Å². The molecule has 0 aromatic carbocycles. The summed E-state index contributed by atoms with van der Waals surface area (Å²) in [7, 11) is 0. The number of H-pyrrole nitrogens is 1. The molecule has 0 bridgehead atoms. The zero-order valence-electron chi connectivity index (χ0n) is 13.9. The standard InChI is InChI=1S/C17H19N7O/c25-14-5-12-3-1-2-4-13(12)22-24(14)8-11-6-23(7-11)17-15-16(19-9-18-15)20-10-21-17/h5,9-11H,1-4,6-8H2,(H,18,19,20,21). The van der Waals surface area contributed by atoms with E-state index < -0.39 is 0 Å². The SMILES string of the molecule is O=c1cc2c(nn1CC1CN(c3ncnc4nc[nH]c34)C1)CCCC2. The number of imidazole rings is 1. The highest BCUT2D eigenvalue weighted by atomic mass is 16.1. The number of nitrogens with one attached hydrogen (secondary N) is 1. The molecule has 2 aliphatic rings. The molecule has 0 spiro atoms. The second kappa shape index (κ2) is 5.65. The molecule has 3 aromatic heterocycles. The van der Waals surface area contributed by atoms with Gasteiger partial charge in [-0.1, -0.05) is 0 Å². The van der Waals surface area contributed by atoms with Crippen molar-refractivity contribution < 1.29 is 0 Å². The molecule has 0 saturated carbocycles. The minimum atomic E-state index is 0.0251. The van der Waals surface area contributed by atoms with E-state index in [4.69, 9.17) is 0 Å². The molecule has 25 heavy (non-hydrogen) atoms. The molecule has 128 valence electrons. The maximum absolute atomic E-state index is 12.3. The number of aromatic nitrogens is 6. The van der Waals surface area contributed by atoms with E-state index in [1.54, 1.807) is 23.4 Å². The molecule has 5 rings (SSSR count). The number of hydrogen-bond acceptors (Lipinski definition) is 6. The lowest BCUT2D eigenvalue weighted by Gasteiger charge is -2.40. The van der Waals surface area contributed by atoms with E-state index in [1.165, 1.54) is 6.42 Å². The second-order valence-corrected chi connectivity index (χ2v) is 6.91. The molecule has 0 amide bonds. The Bertz CT molecular complexity index is 986. The maximum Gasteiger partial charge on any atom is 0.267 e. The Morgan fingerprint density at radius 1 is 1.16 bits per heavy atom. The van der Waals surface area contributed by atoms with Gasteiger partial charge in [-0.3, -0.25) is 4.79 Å². The van der Waals surface area contributed by atoms with E-state index in [1.807, 2.05) is 0 Å². The van der Waals surface area contributed by atoms with E-state index in [-0.39, 0.29) is 5.56 Å². The zero-order valence-corrected chi connectivity index (χ0v) is 13.9. The third-order valence-electron chi connectivity index (χ3n) is 5.16. The van der Waals surface area contributed by atoms with Crippen LogP contribution in [-0.4, -0.2) is 42.8 Å². The summed E-state index contributed by atoms with van der Waals surface area (Å²) in [6, 6.07) is 1.79. The Morgan fingerprint density at radius 2 is 2.04 bits per heavy atom. The fourth-order valence-electron chi connectivity index (χ4n) is 3.83. The first-order valence-electron chi connectivity index (χ1n) is 8.77. The van der Waals surface area contributed by atoms with E-state index in [0.717, 1.165) is 54.9 Å². The maximum atomic E-state index is 12.3. The molecule has 1 aliphatic heterocycles. The van der Waals surface area contributed by atoms with Crippen molar-refractivity contribution in [3.63, 3.8) is 0 Å². The summed E-state index contributed by atoms with van der Waals surface area (Å²) in [6.07, 6.45) is 7.49. The number of nitrogens with zero attached hydrogens (tertiary/aromatic N) is 6. The fraction of sp³-hybridized carbons (Fsp3) is 0.471. The van der Waals surface area contributed by atoms with Crippen molar-refractivity contribution in [1.82, 2.24) is 29.7 Å². The molecule has 8 nitrogen and oxygen atoms in total. The van der Waals surface area contributed by atoms with Gasteiger partial charge in [-0.25, -0.2) is 19.6 Å². The first kappa shape index (κ1) is 14.6. The van der Waals surface area contributed by atoms with E-state index in [2.05, 4.69) is 29.9 Å². The fourth-order valence-corrected chi connectivity index (χ4v) is 3.83. The van der Waals surface area contributed by atoms with Gasteiger partial charge in [0, 0.05) is 25.1 Å². The second-order valence-electron chi connectivity index (χ2n) is 6.91. The molecule has 1 aliphatic carbocycles. The summed E-state index contributed by atoms with van der Waals surface area (Å²) in [6.45, 7) is 2.38. The van der Waals surface area contributed by atoms with Crippen LogP contribution in [0.25, 0.3) is 11.2 Å². The molecule has 0 unspecified atom stereocenters. The predicted molar refractivity (Wildman–Crippen MR) is 92.5 cm³/mol. The van der Waals surface area contributed by atoms with Crippen molar-refractivity contribution in [2.45, 2.75) is 32.2 Å². The Kier molecular flexibility index (Phi) is 3.29. The molecule has 1 N–H and O–H groups in total. The summed E-state index contributed by atoms with van der Waals surface area (Å²) < 4.78 is 1.65. The minimum absolute atomic E-state index is 0.0251. The highest BCUT2D eigenvalue weighted by Gasteiger charge is 2.30. The van der Waals surface area contributed by atoms with Crippen molar-refractivity contribution in [3.05, 3.63) is 40.3 Å². The topological polar surface area (TPSA) is 92.6 Å². The van der Waals surface area contributed by atoms with Crippen molar-refractivity contribution in [1.29, 1.82) is 0 Å². The lowest BCUT2D eigenvalue weighted by molar-refractivity contribution is 0.330. The molecule has 1 fully saturated rings. The molecule has 1 saturated heterocycles. The monoisotopic (exact) mass is 337 g/mol. The summed E-state index contributed by atoms with van der Waals surface area (Å²) >= 11 is 0. The van der Waals surface area contributed by atoms with Crippen LogP contribution in [-0.2, 0) is 19.4 Å². The predicted octanol–water partition coefficient (Wildman–Crippen LogP) is 0.925. The normalized spacial score (nSPS) is 17.5. The number of rotatable bonds is 3. The number of anilines is 1. The molecular weight excluding hydrogens is 318 g/mol. The van der Waals surface area contributed by atoms with Crippen LogP contribution in [0.4, 0.5) is 5.82 Å². The van der Waals surface area contributed by atoms with Crippen LogP contribution in [0.2, 0.25) is 0 Å². The van der Waals surface area contributed by atoms with Crippen molar-refractivity contribution >= 4 is 17.0 Å². The van der Waals surface area contributed by atoms with Crippen LogP contribution in [0.1, 0.15) is 24.1 Å². The number of hydrogen-bond donors (Lipinski definition) is 1. The zero-order chi connectivity index (χ0) is 16.8. The Balaban J connectivity index is 1.32. The summed E-state index contributed by atoms with van der Waals surface area (Å²) in [4.78, 5) is 30.3. The first-order chi connectivity index (χ1) is 12.3. The quantitative estimate of drug-likeness (QED) is 0.764. The van der Waals surface area contributed by atoms with Gasteiger partial charge in [-0.2, -0.15) is 5.10 Å². The smallest absolute Gasteiger partial charge is 0.267 e. The minimum Gasteiger partial charge on any atom is -0.354 e. The Labute approximate surface area is 143 Å². The third kappa shape index (κ3) is 2.48. The number of aromatic amines is 1. The molecule has 4 heterocycles. The van der Waals surface area contributed by atoms with Crippen LogP contribution in [0.3, 0.4) is 0 Å². The van der Waals surface area contributed by atoms with Gasteiger partial charge in [0.15, 0.2) is 11.5 Å². The van der Waals surface area contributed by atoms with Gasteiger partial charge in [0.2, 0.25) is 0 Å². The van der Waals surface area contributed by atoms with Gasteiger partial charge in [0.05, 0.1) is 18.6 Å². The van der Waals surface area contributed by atoms with Gasteiger partial charge in [-0.15, -0.1) is 0 Å². The van der Waals surface area contributed by atoms with Gasteiger partial charge in [0.25, 0.3) is 5.56 Å². The van der Waals surface area contributed by atoms with Crippen LogP contribution in [0.15, 0.2) is 23.5 Å². The van der Waals surface area contributed by atoms with E-state index in [0.29, 0.717) is 18.1 Å². The van der Waals surface area contributed by atoms with Gasteiger partial charge >= 0.3 is 0 Å². The van der Waals surface area contributed by atoms with E-state index >= 15 is 0 Å². The molecular formula is C17H19N7O. The van der Waals surface area contributed by atoms with Gasteiger partial charge < -0.3 is 9.88 Å². The highest BCUT2D eigenvalue weighted by molar-refractivity contribution is 5.83. The lowest BCUT2D eigenvalue weighted by atomic mass is 9.96. The van der Waals surface area contributed by atoms with Crippen LogP contribution in [0.5, 0.6) is 0 Å². The highest BCUT2D eigenvalue weighted by Crippen LogP contribution is 2.27. The Hall–Kier alpha value is -2.77. The average Bonchev–Trinajstić information content (AvgIpc) is 3.07. The number of aryl methyl sites for hydroxylation is 2. The van der Waals surface area contributed by atoms with Crippen LogP contribution < -0.4 is 10.5 Å². The van der Waals surface area contributed by atoms with Gasteiger partial charge in [0.1, 0.15) is 11.8 Å². The summed E-state index contributed by atoms with van der Waals surface area (Å²) in [5.41, 5.74) is 3.82.